The van der Waals surface area contributed by atoms with Crippen molar-refractivity contribution in [1.29, 1.82) is 0 Å². The normalized spacial score (nSPS) is 21.6. The Balaban J connectivity index is 0.00000162. The van der Waals surface area contributed by atoms with Crippen molar-refractivity contribution in [3.05, 3.63) is 17.0 Å². The fourth-order valence-electron chi connectivity index (χ4n) is 1.93. The van der Waals surface area contributed by atoms with Crippen molar-refractivity contribution in [3.63, 3.8) is 0 Å². The van der Waals surface area contributed by atoms with Crippen molar-refractivity contribution in [2.45, 2.75) is 30.5 Å². The second-order valence-electron chi connectivity index (χ2n) is 4.29. The van der Waals surface area contributed by atoms with Crippen LogP contribution in [0.1, 0.15) is 18.7 Å². The Labute approximate surface area is 119 Å². The van der Waals surface area contributed by atoms with Gasteiger partial charge in [-0.05, 0) is 25.5 Å². The molecule has 104 valence electrons. The molecule has 1 aliphatic heterocycles. The molecule has 2 rings (SSSR count). The molecule has 1 aromatic rings. The molecule has 4 nitrogen and oxygen atoms in total. The first kappa shape index (κ1) is 15.9. The van der Waals surface area contributed by atoms with Gasteiger partial charge in [-0.2, -0.15) is 4.31 Å². The van der Waals surface area contributed by atoms with Crippen molar-refractivity contribution in [3.8, 4) is 0 Å². The number of halogens is 1. The minimum absolute atomic E-state index is 0. The molecule has 1 aliphatic rings. The lowest BCUT2D eigenvalue weighted by Crippen LogP contribution is -2.51. The molecule has 0 saturated carbocycles. The average molecular weight is 311 g/mol. The quantitative estimate of drug-likeness (QED) is 0.925. The van der Waals surface area contributed by atoms with Crippen LogP contribution >= 0.6 is 23.7 Å². The lowest BCUT2D eigenvalue weighted by atomic mass is 10.3. The molecule has 1 aromatic heterocycles. The lowest BCUT2D eigenvalue weighted by Gasteiger charge is -2.30. The van der Waals surface area contributed by atoms with Crippen molar-refractivity contribution in [1.82, 2.24) is 9.62 Å². The summed E-state index contributed by atoms with van der Waals surface area (Å²) >= 11 is 1.38. The zero-order valence-corrected chi connectivity index (χ0v) is 13.0. The summed E-state index contributed by atoms with van der Waals surface area (Å²) in [5.74, 6) is 0. The second-order valence-corrected chi connectivity index (χ2v) is 7.63. The van der Waals surface area contributed by atoms with Crippen LogP contribution in [0.5, 0.6) is 0 Å². The summed E-state index contributed by atoms with van der Waals surface area (Å²) in [6, 6.07) is 3.86. The van der Waals surface area contributed by atoms with Crippen LogP contribution in [0, 0.1) is 0 Å². The Bertz CT molecular complexity index is 487. The maximum Gasteiger partial charge on any atom is 0.252 e. The van der Waals surface area contributed by atoms with Crippen LogP contribution in [-0.2, 0) is 16.4 Å². The Morgan fingerprint density at radius 3 is 2.78 bits per heavy atom. The van der Waals surface area contributed by atoms with Gasteiger partial charge in [-0.15, -0.1) is 23.7 Å². The molecule has 1 fully saturated rings. The van der Waals surface area contributed by atoms with Gasteiger partial charge in [0.1, 0.15) is 4.21 Å². The highest BCUT2D eigenvalue weighted by Gasteiger charge is 2.29. The average Bonchev–Trinajstić information content (AvgIpc) is 2.78. The molecule has 0 amide bonds. The minimum atomic E-state index is -3.27. The molecule has 0 aliphatic carbocycles. The SMILES string of the molecule is CCc1ccc(S(=O)(=O)N2CCN[C@H](C)C2)s1.Cl. The standard InChI is InChI=1S/C11H18N2O2S2.ClH/c1-3-10-4-5-11(16-10)17(14,15)13-7-6-12-9(2)8-13;/h4-5,9,12H,3,6-8H2,1-2H3;1H/t9-;/m1./s1. The van der Waals surface area contributed by atoms with Gasteiger partial charge >= 0.3 is 0 Å². The number of sulfonamides is 1. The molecular weight excluding hydrogens is 292 g/mol. The van der Waals surface area contributed by atoms with E-state index in [0.29, 0.717) is 17.3 Å². The summed E-state index contributed by atoms with van der Waals surface area (Å²) in [7, 11) is -3.27. The third-order valence-corrected chi connectivity index (χ3v) is 6.47. The Hall–Kier alpha value is -0.140. The predicted molar refractivity (Wildman–Crippen MR) is 77.2 cm³/mol. The zero-order valence-electron chi connectivity index (χ0n) is 10.5. The van der Waals surface area contributed by atoms with E-state index in [2.05, 4.69) is 5.32 Å². The number of hydrogen-bond acceptors (Lipinski definition) is 4. The van der Waals surface area contributed by atoms with Crippen LogP contribution in [0.15, 0.2) is 16.3 Å². The summed E-state index contributed by atoms with van der Waals surface area (Å²) in [6.45, 7) is 5.89. The topological polar surface area (TPSA) is 49.4 Å². The van der Waals surface area contributed by atoms with Crippen LogP contribution < -0.4 is 5.32 Å². The van der Waals surface area contributed by atoms with Crippen molar-refractivity contribution in [2.75, 3.05) is 19.6 Å². The van der Waals surface area contributed by atoms with E-state index in [9.17, 15) is 8.42 Å². The monoisotopic (exact) mass is 310 g/mol. The van der Waals surface area contributed by atoms with Gasteiger partial charge in [-0.1, -0.05) is 6.92 Å². The first-order chi connectivity index (χ1) is 8.04. The third kappa shape index (κ3) is 3.24. The van der Waals surface area contributed by atoms with Gasteiger partial charge in [0.2, 0.25) is 0 Å². The van der Waals surface area contributed by atoms with Crippen molar-refractivity contribution >= 4 is 33.8 Å². The van der Waals surface area contributed by atoms with E-state index in [1.807, 2.05) is 19.9 Å². The van der Waals surface area contributed by atoms with Crippen LogP contribution in [-0.4, -0.2) is 38.4 Å². The summed E-state index contributed by atoms with van der Waals surface area (Å²) in [6.07, 6.45) is 0.887. The highest BCUT2D eigenvalue weighted by atomic mass is 35.5. The van der Waals surface area contributed by atoms with Crippen LogP contribution in [0.4, 0.5) is 0 Å². The number of aryl methyl sites for hydroxylation is 1. The number of thiophene rings is 1. The first-order valence-electron chi connectivity index (χ1n) is 5.86. The molecule has 0 aromatic carbocycles. The molecule has 0 bridgehead atoms. The van der Waals surface area contributed by atoms with Gasteiger partial charge in [-0.3, -0.25) is 0 Å². The van der Waals surface area contributed by atoms with E-state index in [1.165, 1.54) is 11.3 Å². The van der Waals surface area contributed by atoms with E-state index >= 15 is 0 Å². The van der Waals surface area contributed by atoms with E-state index in [0.717, 1.165) is 17.8 Å². The first-order valence-corrected chi connectivity index (χ1v) is 8.12. The van der Waals surface area contributed by atoms with E-state index < -0.39 is 10.0 Å². The lowest BCUT2D eigenvalue weighted by molar-refractivity contribution is 0.311. The van der Waals surface area contributed by atoms with Gasteiger partial charge in [-0.25, -0.2) is 8.42 Å². The number of hydrogen-bond donors (Lipinski definition) is 1. The predicted octanol–water partition coefficient (Wildman–Crippen LogP) is 1.71. The highest BCUT2D eigenvalue weighted by Crippen LogP contribution is 2.25. The maximum atomic E-state index is 12.4. The number of nitrogens with one attached hydrogen (secondary N) is 1. The molecule has 18 heavy (non-hydrogen) atoms. The fraction of sp³-hybridized carbons (Fsp3) is 0.636. The highest BCUT2D eigenvalue weighted by molar-refractivity contribution is 7.91. The van der Waals surface area contributed by atoms with Crippen LogP contribution in [0.2, 0.25) is 0 Å². The van der Waals surface area contributed by atoms with Gasteiger partial charge in [0.05, 0.1) is 0 Å². The van der Waals surface area contributed by atoms with Gasteiger partial charge < -0.3 is 5.32 Å². The fourth-order valence-corrected chi connectivity index (χ4v) is 4.91. The molecule has 0 unspecified atom stereocenters. The smallest absolute Gasteiger partial charge is 0.252 e. The molecule has 1 atom stereocenters. The molecule has 7 heteroatoms. The molecular formula is C11H19ClN2O2S2. The van der Waals surface area contributed by atoms with Crippen molar-refractivity contribution in [2.24, 2.45) is 0 Å². The second kappa shape index (κ2) is 6.34. The summed E-state index contributed by atoms with van der Waals surface area (Å²) < 4.78 is 26.8. The maximum absolute atomic E-state index is 12.4. The summed E-state index contributed by atoms with van der Waals surface area (Å²) in [5.41, 5.74) is 0. The van der Waals surface area contributed by atoms with Gasteiger partial charge in [0, 0.05) is 30.6 Å². The molecule has 0 spiro atoms. The molecule has 1 saturated heterocycles. The number of rotatable bonds is 3. The number of piperazine rings is 1. The Morgan fingerprint density at radius 1 is 1.50 bits per heavy atom. The molecule has 2 heterocycles. The summed E-state index contributed by atoms with van der Waals surface area (Å²) in [5, 5.41) is 3.25. The van der Waals surface area contributed by atoms with Gasteiger partial charge in [0.15, 0.2) is 0 Å². The third-order valence-electron chi connectivity index (χ3n) is 2.91. The number of nitrogens with zero attached hydrogens (tertiary/aromatic N) is 1. The minimum Gasteiger partial charge on any atom is -0.312 e. The Kier molecular flexibility index (Phi) is 5.61. The zero-order chi connectivity index (χ0) is 12.5. The molecule has 0 radical (unpaired) electrons. The van der Waals surface area contributed by atoms with Crippen LogP contribution in [0.25, 0.3) is 0 Å². The Morgan fingerprint density at radius 2 is 2.22 bits per heavy atom. The molecule has 1 N–H and O–H groups in total. The van der Waals surface area contributed by atoms with Crippen molar-refractivity contribution < 1.29 is 8.42 Å². The van der Waals surface area contributed by atoms with E-state index in [4.69, 9.17) is 0 Å². The van der Waals surface area contributed by atoms with Gasteiger partial charge in [0.25, 0.3) is 10.0 Å². The largest absolute Gasteiger partial charge is 0.312 e. The van der Waals surface area contributed by atoms with Crippen LogP contribution in [0.3, 0.4) is 0 Å². The van der Waals surface area contributed by atoms with E-state index in [1.54, 1.807) is 10.4 Å². The van der Waals surface area contributed by atoms with E-state index in [-0.39, 0.29) is 18.4 Å². The summed E-state index contributed by atoms with van der Waals surface area (Å²) in [4.78, 5) is 1.12.